The fourth-order valence-electron chi connectivity index (χ4n) is 2.84. The van der Waals surface area contributed by atoms with Gasteiger partial charge < -0.3 is 37.0 Å². The molecule has 0 aliphatic heterocycles. The lowest BCUT2D eigenvalue weighted by molar-refractivity contribution is -0.140. The van der Waals surface area contributed by atoms with Crippen LogP contribution in [0.25, 0.3) is 0 Å². The number of carbonyl (C=O) groups is 7. The van der Waals surface area contributed by atoms with Crippen LogP contribution in [0.3, 0.4) is 0 Å². The molecule has 15 heteroatoms. The van der Waals surface area contributed by atoms with Crippen LogP contribution in [0.1, 0.15) is 46.0 Å². The molecule has 0 aliphatic carbocycles. The summed E-state index contributed by atoms with van der Waals surface area (Å²) >= 11 is 3.85. The highest BCUT2D eigenvalue weighted by Gasteiger charge is 2.32. The summed E-state index contributed by atoms with van der Waals surface area (Å²) < 4.78 is 0. The van der Waals surface area contributed by atoms with Crippen LogP contribution in [0.4, 0.5) is 0 Å². The maximum absolute atomic E-state index is 12.8. The Morgan fingerprint density at radius 3 is 1.66 bits per heavy atom. The van der Waals surface area contributed by atoms with Gasteiger partial charge >= 0.3 is 17.9 Å². The van der Waals surface area contributed by atoms with E-state index in [1.54, 1.807) is 13.8 Å². The summed E-state index contributed by atoms with van der Waals surface area (Å²) in [7, 11) is 0. The van der Waals surface area contributed by atoms with E-state index >= 15 is 0 Å². The fraction of sp³-hybridized carbons (Fsp3) is 0.650. The molecule has 198 valence electrons. The van der Waals surface area contributed by atoms with Crippen LogP contribution in [-0.4, -0.2) is 86.7 Å². The molecule has 35 heavy (non-hydrogen) atoms. The standard InChI is InChI=1S/C20H32N4O10S/c1-9(2)17(20(34)22-11(13(25)8-35)3-5-14(26)27)24-19(33)12(4-6-15(28)29)23-18(32)10(21)7-16(30)31/h9-12,17,35H,3-8,21H2,1-2H3,(H,22,34)(H,23,32)(H,24,33)(H,26,27)(H,28,29)(H,30,31)/t10-,11-,12-,17-/m0/s1. The van der Waals surface area contributed by atoms with Crippen LogP contribution >= 0.6 is 12.6 Å². The molecule has 8 N–H and O–H groups in total. The Bertz CT molecular complexity index is 820. The maximum atomic E-state index is 12.8. The summed E-state index contributed by atoms with van der Waals surface area (Å²) in [5.41, 5.74) is 5.48. The van der Waals surface area contributed by atoms with E-state index in [-0.39, 0.29) is 18.6 Å². The highest BCUT2D eigenvalue weighted by atomic mass is 32.1. The van der Waals surface area contributed by atoms with Gasteiger partial charge in [0.15, 0.2) is 5.78 Å². The van der Waals surface area contributed by atoms with Gasteiger partial charge in [-0.3, -0.25) is 33.6 Å². The Labute approximate surface area is 206 Å². The van der Waals surface area contributed by atoms with Crippen molar-refractivity contribution in [3.63, 3.8) is 0 Å². The van der Waals surface area contributed by atoms with Crippen molar-refractivity contribution < 1.29 is 48.9 Å². The molecule has 0 bridgehead atoms. The Kier molecular flexibility index (Phi) is 14.2. The van der Waals surface area contributed by atoms with E-state index in [2.05, 4.69) is 28.6 Å². The number of carbonyl (C=O) groups excluding carboxylic acids is 4. The zero-order chi connectivity index (χ0) is 27.3. The van der Waals surface area contributed by atoms with Crippen LogP contribution in [0.2, 0.25) is 0 Å². The molecule has 3 amide bonds. The molecule has 0 aromatic carbocycles. The van der Waals surface area contributed by atoms with E-state index in [4.69, 9.17) is 21.1 Å². The molecular weight excluding hydrogens is 488 g/mol. The van der Waals surface area contributed by atoms with Gasteiger partial charge in [-0.25, -0.2) is 0 Å². The number of carboxylic acid groups (broad SMARTS) is 3. The smallest absolute Gasteiger partial charge is 0.305 e. The first-order valence-electron chi connectivity index (χ1n) is 10.6. The minimum atomic E-state index is -1.50. The second-order valence-electron chi connectivity index (χ2n) is 8.05. The first-order valence-corrected chi connectivity index (χ1v) is 11.3. The Balaban J connectivity index is 5.57. The molecule has 0 heterocycles. The summed E-state index contributed by atoms with van der Waals surface area (Å²) in [5.74, 6) is -7.86. The van der Waals surface area contributed by atoms with Gasteiger partial charge in [0.2, 0.25) is 17.7 Å². The van der Waals surface area contributed by atoms with Gasteiger partial charge in [0, 0.05) is 12.8 Å². The largest absolute Gasteiger partial charge is 0.481 e. The van der Waals surface area contributed by atoms with Gasteiger partial charge in [0.25, 0.3) is 0 Å². The second kappa shape index (κ2) is 15.7. The molecule has 0 rings (SSSR count). The van der Waals surface area contributed by atoms with Crippen molar-refractivity contribution in [3.8, 4) is 0 Å². The molecule has 0 saturated carbocycles. The summed E-state index contributed by atoms with van der Waals surface area (Å²) in [5, 5.41) is 33.6. The molecule has 14 nitrogen and oxygen atoms in total. The summed E-state index contributed by atoms with van der Waals surface area (Å²) in [6, 6.07) is -5.35. The van der Waals surface area contributed by atoms with Crippen LogP contribution in [0.5, 0.6) is 0 Å². The van der Waals surface area contributed by atoms with Crippen molar-refractivity contribution in [1.29, 1.82) is 0 Å². The molecule has 0 radical (unpaired) electrons. The van der Waals surface area contributed by atoms with E-state index < -0.39 is 90.8 Å². The number of rotatable bonds is 17. The molecule has 0 fully saturated rings. The first kappa shape index (κ1) is 31.8. The molecule has 0 unspecified atom stereocenters. The van der Waals surface area contributed by atoms with E-state index in [0.29, 0.717) is 0 Å². The fourth-order valence-corrected chi connectivity index (χ4v) is 3.06. The Morgan fingerprint density at radius 1 is 0.743 bits per heavy atom. The SMILES string of the molecule is CC(C)[C@H](NC(=O)[C@H](CCC(=O)O)NC(=O)[C@@H](N)CC(=O)O)C(=O)N[C@@H](CCC(=O)O)C(=O)CS. The topological polar surface area (TPSA) is 242 Å². The second-order valence-corrected chi connectivity index (χ2v) is 8.36. The number of nitrogens with one attached hydrogen (secondary N) is 3. The van der Waals surface area contributed by atoms with Crippen molar-refractivity contribution >= 4 is 54.0 Å². The van der Waals surface area contributed by atoms with Crippen molar-refractivity contribution in [3.05, 3.63) is 0 Å². The predicted molar refractivity (Wildman–Crippen MR) is 123 cm³/mol. The van der Waals surface area contributed by atoms with Gasteiger partial charge in [-0.05, 0) is 18.8 Å². The Morgan fingerprint density at radius 2 is 1.23 bits per heavy atom. The van der Waals surface area contributed by atoms with Crippen molar-refractivity contribution in [2.24, 2.45) is 11.7 Å². The first-order chi connectivity index (χ1) is 16.2. The number of thiol groups is 1. The quantitative estimate of drug-likeness (QED) is 0.0987. The molecule has 0 aliphatic rings. The van der Waals surface area contributed by atoms with E-state index in [9.17, 15) is 33.6 Å². The van der Waals surface area contributed by atoms with E-state index in [1.807, 2.05) is 0 Å². The van der Waals surface area contributed by atoms with Crippen LogP contribution in [0.15, 0.2) is 0 Å². The minimum absolute atomic E-state index is 0.196. The average Bonchev–Trinajstić information content (AvgIpc) is 2.75. The van der Waals surface area contributed by atoms with Gasteiger partial charge in [-0.15, -0.1) is 0 Å². The lowest BCUT2D eigenvalue weighted by Gasteiger charge is -2.27. The molecule has 0 spiro atoms. The number of amides is 3. The predicted octanol–water partition coefficient (Wildman–Crippen LogP) is -1.87. The highest BCUT2D eigenvalue weighted by Crippen LogP contribution is 2.08. The molecule has 0 aromatic rings. The Hall–Kier alpha value is -3.20. The number of ketones is 1. The third-order valence-electron chi connectivity index (χ3n) is 4.77. The maximum Gasteiger partial charge on any atom is 0.305 e. The third kappa shape index (κ3) is 12.7. The average molecular weight is 521 g/mol. The zero-order valence-corrected chi connectivity index (χ0v) is 20.2. The van der Waals surface area contributed by atoms with Crippen LogP contribution < -0.4 is 21.7 Å². The van der Waals surface area contributed by atoms with Gasteiger partial charge in [0.05, 0.1) is 24.3 Å². The molecular formula is C20H32N4O10S. The number of nitrogens with two attached hydrogens (primary N) is 1. The molecule has 4 atom stereocenters. The zero-order valence-electron chi connectivity index (χ0n) is 19.4. The minimum Gasteiger partial charge on any atom is -0.481 e. The normalized spacial score (nSPS) is 14.2. The highest BCUT2D eigenvalue weighted by molar-refractivity contribution is 7.81. The van der Waals surface area contributed by atoms with Crippen LogP contribution in [-0.2, 0) is 33.6 Å². The number of Topliss-reactive ketones (excluding diaryl/α,β-unsaturated/α-hetero) is 1. The number of hydrogen-bond donors (Lipinski definition) is 8. The monoisotopic (exact) mass is 520 g/mol. The summed E-state index contributed by atoms with van der Waals surface area (Å²) in [6.07, 6.45) is -2.23. The third-order valence-corrected chi connectivity index (χ3v) is 5.08. The number of carboxylic acids is 3. The van der Waals surface area contributed by atoms with E-state index in [0.717, 1.165) is 0 Å². The lowest BCUT2D eigenvalue weighted by Crippen LogP contribution is -2.58. The molecule has 0 aromatic heterocycles. The van der Waals surface area contributed by atoms with Crippen LogP contribution in [0, 0.1) is 5.92 Å². The van der Waals surface area contributed by atoms with Crippen molar-refractivity contribution in [1.82, 2.24) is 16.0 Å². The van der Waals surface area contributed by atoms with Gasteiger partial charge in [0.1, 0.15) is 12.1 Å². The van der Waals surface area contributed by atoms with Crippen molar-refractivity contribution in [2.75, 3.05) is 5.75 Å². The summed E-state index contributed by atoms with van der Waals surface area (Å²) in [6.45, 7) is 3.15. The van der Waals surface area contributed by atoms with Gasteiger partial charge in [-0.2, -0.15) is 12.6 Å². The van der Waals surface area contributed by atoms with E-state index in [1.165, 1.54) is 0 Å². The molecule has 0 saturated heterocycles. The van der Waals surface area contributed by atoms with Crippen molar-refractivity contribution in [2.45, 2.75) is 70.1 Å². The lowest BCUT2D eigenvalue weighted by atomic mass is 10.00. The number of aliphatic carboxylic acids is 3. The van der Waals surface area contributed by atoms with Gasteiger partial charge in [-0.1, -0.05) is 13.8 Å². The number of hydrogen-bond acceptors (Lipinski definition) is 9. The summed E-state index contributed by atoms with van der Waals surface area (Å²) in [4.78, 5) is 82.5.